The number of fused-ring (bicyclic) bond motifs is 1. The predicted molar refractivity (Wildman–Crippen MR) is 80.4 cm³/mol. The molecule has 0 fully saturated rings. The Morgan fingerprint density at radius 3 is 2.50 bits per heavy atom. The van der Waals surface area contributed by atoms with Gasteiger partial charge in [0.05, 0.1) is 0 Å². The van der Waals surface area contributed by atoms with E-state index in [9.17, 15) is 0 Å². The van der Waals surface area contributed by atoms with Crippen molar-refractivity contribution < 1.29 is 4.42 Å². The number of furan rings is 1. The van der Waals surface area contributed by atoms with E-state index in [-0.39, 0.29) is 5.41 Å². The summed E-state index contributed by atoms with van der Waals surface area (Å²) in [5.74, 6) is 1.89. The van der Waals surface area contributed by atoms with Crippen molar-refractivity contribution in [2.75, 3.05) is 5.73 Å². The van der Waals surface area contributed by atoms with Crippen molar-refractivity contribution in [1.29, 1.82) is 0 Å². The Morgan fingerprint density at radius 1 is 1.05 bits per heavy atom. The highest BCUT2D eigenvalue weighted by molar-refractivity contribution is 5.82. The van der Waals surface area contributed by atoms with E-state index < -0.39 is 0 Å². The van der Waals surface area contributed by atoms with Gasteiger partial charge in [-0.2, -0.15) is 0 Å². The van der Waals surface area contributed by atoms with Crippen LogP contribution in [0, 0.1) is 0 Å². The van der Waals surface area contributed by atoms with Crippen molar-refractivity contribution in [3.63, 3.8) is 0 Å². The van der Waals surface area contributed by atoms with E-state index in [4.69, 9.17) is 10.2 Å². The number of nitrogens with two attached hydrogens (primary N) is 1. The third-order valence-electron chi connectivity index (χ3n) is 3.09. The number of anilines is 1. The van der Waals surface area contributed by atoms with Gasteiger partial charge in [0.15, 0.2) is 5.76 Å². The van der Waals surface area contributed by atoms with Crippen LogP contribution in [0.25, 0.3) is 22.4 Å². The maximum atomic E-state index is 5.89. The second-order valence-corrected chi connectivity index (χ2v) is 5.90. The van der Waals surface area contributed by atoms with Gasteiger partial charge in [0, 0.05) is 16.9 Å². The smallest absolute Gasteiger partial charge is 0.154 e. The van der Waals surface area contributed by atoms with Crippen LogP contribution in [0.2, 0.25) is 0 Å². The van der Waals surface area contributed by atoms with Crippen LogP contribution in [0.5, 0.6) is 0 Å². The molecule has 3 aromatic rings. The molecule has 0 aliphatic carbocycles. The summed E-state index contributed by atoms with van der Waals surface area (Å²) in [4.78, 5) is 8.90. The van der Waals surface area contributed by atoms with Crippen LogP contribution in [0.1, 0.15) is 26.6 Å². The molecule has 2 N–H and O–H groups in total. The largest absolute Gasteiger partial charge is 0.454 e. The van der Waals surface area contributed by atoms with Gasteiger partial charge in [-0.05, 0) is 12.1 Å². The standard InChI is InChI=1S/C16H17N3O/c1-16(2,3)15-18-11(9-14(17)19-15)13-8-10-6-4-5-7-12(10)20-13/h4-9H,1-3H3,(H2,17,18,19). The molecule has 0 aliphatic heterocycles. The summed E-state index contributed by atoms with van der Waals surface area (Å²) in [6.45, 7) is 6.18. The third kappa shape index (κ3) is 2.25. The first-order chi connectivity index (χ1) is 9.43. The fourth-order valence-electron chi connectivity index (χ4n) is 2.04. The molecule has 0 atom stereocenters. The molecule has 20 heavy (non-hydrogen) atoms. The van der Waals surface area contributed by atoms with Crippen molar-refractivity contribution in [1.82, 2.24) is 9.97 Å². The molecule has 4 nitrogen and oxygen atoms in total. The van der Waals surface area contributed by atoms with Crippen LogP contribution < -0.4 is 5.73 Å². The summed E-state index contributed by atoms with van der Waals surface area (Å²) in [6, 6.07) is 11.6. The Bertz CT molecular complexity index is 736. The molecule has 2 aromatic heterocycles. The first-order valence-corrected chi connectivity index (χ1v) is 6.57. The summed E-state index contributed by atoms with van der Waals surface area (Å²) >= 11 is 0. The van der Waals surface area contributed by atoms with E-state index in [1.165, 1.54) is 0 Å². The number of nitrogen functional groups attached to an aromatic ring is 1. The molecule has 0 bridgehead atoms. The Morgan fingerprint density at radius 2 is 1.80 bits per heavy atom. The van der Waals surface area contributed by atoms with Crippen molar-refractivity contribution in [2.45, 2.75) is 26.2 Å². The lowest BCUT2D eigenvalue weighted by Crippen LogP contribution is -2.17. The number of para-hydroxylation sites is 1. The minimum atomic E-state index is -0.157. The lowest BCUT2D eigenvalue weighted by Gasteiger charge is -2.17. The van der Waals surface area contributed by atoms with E-state index >= 15 is 0 Å². The number of hydrogen-bond acceptors (Lipinski definition) is 4. The fraction of sp³-hybridized carbons (Fsp3) is 0.250. The van der Waals surface area contributed by atoms with Crippen molar-refractivity contribution in [2.24, 2.45) is 0 Å². The molecule has 1 aromatic carbocycles. The van der Waals surface area contributed by atoms with Gasteiger partial charge in [-0.1, -0.05) is 39.0 Å². The van der Waals surface area contributed by atoms with Crippen LogP contribution in [0.15, 0.2) is 40.8 Å². The molecule has 0 radical (unpaired) electrons. The van der Waals surface area contributed by atoms with Crippen molar-refractivity contribution in [3.8, 4) is 11.5 Å². The molecule has 2 heterocycles. The van der Waals surface area contributed by atoms with Crippen LogP contribution >= 0.6 is 0 Å². The lowest BCUT2D eigenvalue weighted by molar-refractivity contribution is 0.544. The Kier molecular flexibility index (Phi) is 2.74. The van der Waals surface area contributed by atoms with Gasteiger partial charge in [-0.25, -0.2) is 9.97 Å². The molecule has 0 saturated carbocycles. The van der Waals surface area contributed by atoms with Crippen LogP contribution in [-0.2, 0) is 5.41 Å². The van der Waals surface area contributed by atoms with Crippen LogP contribution in [-0.4, -0.2) is 9.97 Å². The van der Waals surface area contributed by atoms with Gasteiger partial charge >= 0.3 is 0 Å². The Hall–Kier alpha value is -2.36. The summed E-state index contributed by atoms with van der Waals surface area (Å²) in [6.07, 6.45) is 0. The average Bonchev–Trinajstić information content (AvgIpc) is 2.80. The molecule has 0 saturated heterocycles. The van der Waals surface area contributed by atoms with Crippen LogP contribution in [0.4, 0.5) is 5.82 Å². The van der Waals surface area contributed by atoms with Crippen molar-refractivity contribution in [3.05, 3.63) is 42.2 Å². The summed E-state index contributed by atoms with van der Waals surface area (Å²) in [5, 5.41) is 1.05. The van der Waals surface area contributed by atoms with Gasteiger partial charge in [-0.3, -0.25) is 0 Å². The van der Waals surface area contributed by atoms with Gasteiger partial charge in [0.2, 0.25) is 0 Å². The van der Waals surface area contributed by atoms with Crippen molar-refractivity contribution >= 4 is 16.8 Å². The molecule has 102 valence electrons. The molecule has 4 heteroatoms. The van der Waals surface area contributed by atoms with Gasteiger partial charge < -0.3 is 10.2 Å². The minimum absolute atomic E-state index is 0.157. The maximum absolute atomic E-state index is 5.89. The van der Waals surface area contributed by atoms with Gasteiger partial charge in [0.25, 0.3) is 0 Å². The zero-order chi connectivity index (χ0) is 14.3. The zero-order valence-corrected chi connectivity index (χ0v) is 11.8. The summed E-state index contributed by atoms with van der Waals surface area (Å²) in [5.41, 5.74) is 7.30. The van der Waals surface area contributed by atoms with Gasteiger partial charge in [-0.15, -0.1) is 0 Å². The second kappa shape index (κ2) is 4.34. The third-order valence-corrected chi connectivity index (χ3v) is 3.09. The molecule has 0 unspecified atom stereocenters. The zero-order valence-electron chi connectivity index (χ0n) is 11.8. The normalized spacial score (nSPS) is 11.9. The van der Waals surface area contributed by atoms with Crippen LogP contribution in [0.3, 0.4) is 0 Å². The Balaban J connectivity index is 2.16. The molecule has 0 spiro atoms. The highest BCUT2D eigenvalue weighted by Crippen LogP contribution is 2.29. The highest BCUT2D eigenvalue weighted by atomic mass is 16.3. The number of hydrogen-bond donors (Lipinski definition) is 1. The number of aromatic nitrogens is 2. The van der Waals surface area contributed by atoms with E-state index in [1.54, 1.807) is 6.07 Å². The fourth-order valence-corrected chi connectivity index (χ4v) is 2.04. The van der Waals surface area contributed by atoms with Gasteiger partial charge in [0.1, 0.15) is 22.9 Å². The second-order valence-electron chi connectivity index (χ2n) is 5.90. The number of rotatable bonds is 1. The first kappa shape index (κ1) is 12.7. The minimum Gasteiger partial charge on any atom is -0.454 e. The number of nitrogens with zero attached hydrogens (tertiary/aromatic N) is 2. The van der Waals surface area contributed by atoms with E-state index in [2.05, 4.69) is 30.7 Å². The molecule has 0 amide bonds. The molecule has 0 aliphatic rings. The SMILES string of the molecule is CC(C)(C)c1nc(N)cc(-c2cc3ccccc3o2)n1. The molecular formula is C16H17N3O. The monoisotopic (exact) mass is 267 g/mol. The lowest BCUT2D eigenvalue weighted by atomic mass is 9.95. The van der Waals surface area contributed by atoms with E-state index in [1.807, 2.05) is 30.3 Å². The summed E-state index contributed by atoms with van der Waals surface area (Å²) in [7, 11) is 0. The highest BCUT2D eigenvalue weighted by Gasteiger charge is 2.20. The summed E-state index contributed by atoms with van der Waals surface area (Å²) < 4.78 is 5.83. The molecule has 3 rings (SSSR count). The molecular weight excluding hydrogens is 250 g/mol. The van der Waals surface area contributed by atoms with E-state index in [0.29, 0.717) is 17.4 Å². The number of benzene rings is 1. The topological polar surface area (TPSA) is 64.9 Å². The first-order valence-electron chi connectivity index (χ1n) is 6.57. The predicted octanol–water partition coefficient (Wildman–Crippen LogP) is 3.77. The average molecular weight is 267 g/mol. The Labute approximate surface area is 117 Å². The maximum Gasteiger partial charge on any atom is 0.154 e. The van der Waals surface area contributed by atoms with E-state index in [0.717, 1.165) is 16.7 Å². The quantitative estimate of drug-likeness (QED) is 0.729.